The van der Waals surface area contributed by atoms with E-state index in [4.69, 9.17) is 10.7 Å². The van der Waals surface area contributed by atoms with E-state index in [1.165, 1.54) is 12.3 Å². The predicted octanol–water partition coefficient (Wildman–Crippen LogP) is 5.15. The average molecular weight is 493 g/mol. The van der Waals surface area contributed by atoms with Crippen LogP contribution in [0.3, 0.4) is 0 Å². The van der Waals surface area contributed by atoms with E-state index in [0.29, 0.717) is 60.0 Å². The quantitative estimate of drug-likeness (QED) is 0.410. The van der Waals surface area contributed by atoms with Gasteiger partial charge in [0, 0.05) is 36.3 Å². The largest absolute Gasteiger partial charge is 0.416 e. The van der Waals surface area contributed by atoms with Gasteiger partial charge in [-0.15, -0.1) is 0 Å². The second kappa shape index (κ2) is 9.44. The molecule has 36 heavy (non-hydrogen) atoms. The van der Waals surface area contributed by atoms with Crippen LogP contribution < -0.4 is 5.73 Å². The molecule has 2 aromatic heterocycles. The number of hydrogen-bond donors (Lipinski definition) is 2. The van der Waals surface area contributed by atoms with Crippen molar-refractivity contribution >= 4 is 11.9 Å². The van der Waals surface area contributed by atoms with E-state index in [1.54, 1.807) is 24.3 Å². The van der Waals surface area contributed by atoms with Crippen molar-refractivity contribution in [3.8, 4) is 22.6 Å². The van der Waals surface area contributed by atoms with Gasteiger partial charge in [0.15, 0.2) is 0 Å². The van der Waals surface area contributed by atoms with Crippen LogP contribution in [0.4, 0.5) is 19.1 Å². The highest BCUT2D eigenvalue weighted by atomic mass is 19.4. The molecule has 2 aromatic carbocycles. The van der Waals surface area contributed by atoms with E-state index in [1.807, 2.05) is 23.1 Å². The summed E-state index contributed by atoms with van der Waals surface area (Å²) in [6.07, 6.45) is -1.66. The molecule has 1 fully saturated rings. The minimum absolute atomic E-state index is 0.00214. The Balaban J connectivity index is 1.45. The Morgan fingerprint density at radius 2 is 1.75 bits per heavy atom. The maximum absolute atomic E-state index is 13.4. The summed E-state index contributed by atoms with van der Waals surface area (Å²) in [7, 11) is 0. The molecule has 3 N–H and O–H groups in total. The van der Waals surface area contributed by atoms with Gasteiger partial charge in [0.1, 0.15) is 5.82 Å². The summed E-state index contributed by atoms with van der Waals surface area (Å²) in [6.45, 7) is 1.10. The van der Waals surface area contributed by atoms with Crippen LogP contribution in [0, 0.1) is 0 Å². The molecule has 0 atom stereocenters. The third kappa shape index (κ3) is 4.79. The van der Waals surface area contributed by atoms with Gasteiger partial charge >= 0.3 is 6.18 Å². The number of halogens is 3. The summed E-state index contributed by atoms with van der Waals surface area (Å²) in [5.41, 5.74) is 7.23. The van der Waals surface area contributed by atoms with E-state index in [0.717, 1.165) is 12.1 Å². The first-order valence-electron chi connectivity index (χ1n) is 11.5. The monoisotopic (exact) mass is 492 g/mol. The Labute approximate surface area is 205 Å². The van der Waals surface area contributed by atoms with Crippen molar-refractivity contribution in [2.75, 3.05) is 18.8 Å². The normalized spacial score (nSPS) is 14.7. The molecule has 7 nitrogen and oxygen atoms in total. The summed E-state index contributed by atoms with van der Waals surface area (Å²) in [6, 6.07) is 15.8. The van der Waals surface area contributed by atoms with Crippen molar-refractivity contribution in [3.05, 3.63) is 83.8 Å². The fourth-order valence-electron chi connectivity index (χ4n) is 4.45. The van der Waals surface area contributed by atoms with Crippen molar-refractivity contribution in [1.82, 2.24) is 24.8 Å². The number of imidazole rings is 1. The van der Waals surface area contributed by atoms with Gasteiger partial charge < -0.3 is 15.6 Å². The fraction of sp³-hybridized carbons (Fsp3) is 0.231. The van der Waals surface area contributed by atoms with Crippen LogP contribution in [0.1, 0.15) is 40.5 Å². The highest BCUT2D eigenvalue weighted by Crippen LogP contribution is 2.37. The number of likely N-dealkylation sites (tertiary alicyclic amines) is 1. The lowest BCUT2D eigenvalue weighted by molar-refractivity contribution is -0.137. The molecule has 0 spiro atoms. The number of carbonyl (C=O) groups excluding carboxylic acids is 1. The van der Waals surface area contributed by atoms with Crippen molar-refractivity contribution in [3.63, 3.8) is 0 Å². The average Bonchev–Trinajstić information content (AvgIpc) is 3.34. The molecule has 4 aromatic rings. The van der Waals surface area contributed by atoms with E-state index < -0.39 is 11.7 Å². The molecule has 0 bridgehead atoms. The first-order valence-corrected chi connectivity index (χ1v) is 11.5. The highest BCUT2D eigenvalue weighted by Gasteiger charge is 2.32. The number of nitrogens with one attached hydrogen (secondary N) is 1. The molecule has 10 heteroatoms. The van der Waals surface area contributed by atoms with E-state index in [-0.39, 0.29) is 17.8 Å². The summed E-state index contributed by atoms with van der Waals surface area (Å²) in [5.74, 6) is 0.672. The highest BCUT2D eigenvalue weighted by molar-refractivity contribution is 5.94. The Morgan fingerprint density at radius 1 is 1.00 bits per heavy atom. The topological polar surface area (TPSA) is 101 Å². The Kier molecular flexibility index (Phi) is 6.17. The van der Waals surface area contributed by atoms with Gasteiger partial charge in [-0.2, -0.15) is 13.2 Å². The van der Waals surface area contributed by atoms with Gasteiger partial charge in [0.25, 0.3) is 5.91 Å². The predicted molar refractivity (Wildman–Crippen MR) is 129 cm³/mol. The molecule has 1 aliphatic rings. The molecular weight excluding hydrogens is 469 g/mol. The number of rotatable bonds is 4. The second-order valence-electron chi connectivity index (χ2n) is 8.66. The number of nitrogen functional groups attached to an aromatic ring is 1. The molecule has 1 amide bonds. The van der Waals surface area contributed by atoms with Crippen LogP contribution >= 0.6 is 0 Å². The Bertz CT molecular complexity index is 1380. The van der Waals surface area contributed by atoms with Crippen LogP contribution in [-0.2, 0) is 6.18 Å². The van der Waals surface area contributed by atoms with Crippen molar-refractivity contribution < 1.29 is 18.0 Å². The van der Waals surface area contributed by atoms with Crippen molar-refractivity contribution in [2.24, 2.45) is 0 Å². The van der Waals surface area contributed by atoms with Gasteiger partial charge in [0.05, 0.1) is 22.6 Å². The van der Waals surface area contributed by atoms with Gasteiger partial charge in [-0.1, -0.05) is 30.3 Å². The lowest BCUT2D eigenvalue weighted by Gasteiger charge is -2.31. The number of carbonyl (C=O) groups is 1. The molecular formula is C26H23F3N6O. The second-order valence-corrected chi connectivity index (χ2v) is 8.66. The van der Waals surface area contributed by atoms with E-state index in [2.05, 4.69) is 15.0 Å². The summed E-state index contributed by atoms with van der Waals surface area (Å²) in [4.78, 5) is 30.8. The van der Waals surface area contributed by atoms with E-state index in [9.17, 15) is 18.0 Å². The minimum atomic E-state index is -4.48. The Hall–Kier alpha value is -4.21. The number of aromatic nitrogens is 4. The Morgan fingerprint density at radius 3 is 2.44 bits per heavy atom. The number of aromatic amines is 1. The number of nitrogens with two attached hydrogens (primary N) is 1. The zero-order valence-corrected chi connectivity index (χ0v) is 19.2. The number of benzene rings is 2. The van der Waals surface area contributed by atoms with Gasteiger partial charge in [-0.25, -0.2) is 15.0 Å². The maximum Gasteiger partial charge on any atom is 0.416 e. The van der Waals surface area contributed by atoms with Gasteiger partial charge in [-0.05, 0) is 43.2 Å². The number of piperidine rings is 1. The van der Waals surface area contributed by atoms with Crippen molar-refractivity contribution in [1.29, 1.82) is 0 Å². The molecule has 0 unspecified atom stereocenters. The smallest absolute Gasteiger partial charge is 0.368 e. The van der Waals surface area contributed by atoms with Crippen LogP contribution in [0.15, 0.2) is 66.9 Å². The molecule has 184 valence electrons. The summed E-state index contributed by atoms with van der Waals surface area (Å²) >= 11 is 0. The first kappa shape index (κ1) is 23.5. The van der Waals surface area contributed by atoms with Gasteiger partial charge in [0.2, 0.25) is 5.95 Å². The van der Waals surface area contributed by atoms with Crippen LogP contribution in [-0.4, -0.2) is 43.8 Å². The third-order valence-corrected chi connectivity index (χ3v) is 6.31. The van der Waals surface area contributed by atoms with Crippen LogP contribution in [0.2, 0.25) is 0 Å². The standard InChI is InChI=1S/C26H23F3N6O/c27-26(28,29)19-8-4-7-18(15-19)21-22(20-9-12-31-25(30)32-20)34-23(33-21)16-10-13-35(14-11-16)24(36)17-5-2-1-3-6-17/h1-9,12,15-16H,10-11,13-14H2,(H,33,34)(H2,30,31,32). The zero-order chi connectivity index (χ0) is 25.3. The summed E-state index contributed by atoms with van der Waals surface area (Å²) < 4.78 is 40.1. The van der Waals surface area contributed by atoms with E-state index >= 15 is 0 Å². The number of alkyl halides is 3. The number of hydrogen-bond acceptors (Lipinski definition) is 5. The lowest BCUT2D eigenvalue weighted by atomic mass is 9.95. The summed E-state index contributed by atoms with van der Waals surface area (Å²) in [5, 5.41) is 0. The lowest BCUT2D eigenvalue weighted by Crippen LogP contribution is -2.38. The molecule has 0 saturated carbocycles. The SMILES string of the molecule is Nc1nccc(-c2[nH]c(C3CCN(C(=O)c4ccccc4)CC3)nc2-c2cccc(C(F)(F)F)c2)n1. The molecule has 1 aliphatic heterocycles. The van der Waals surface area contributed by atoms with Crippen LogP contribution in [0.5, 0.6) is 0 Å². The fourth-order valence-corrected chi connectivity index (χ4v) is 4.45. The molecule has 3 heterocycles. The number of anilines is 1. The van der Waals surface area contributed by atoms with Crippen LogP contribution in [0.25, 0.3) is 22.6 Å². The number of H-pyrrole nitrogens is 1. The zero-order valence-electron chi connectivity index (χ0n) is 19.2. The molecule has 0 aliphatic carbocycles. The molecule has 1 saturated heterocycles. The number of nitrogens with zero attached hydrogens (tertiary/aromatic N) is 4. The minimum Gasteiger partial charge on any atom is -0.368 e. The number of amides is 1. The van der Waals surface area contributed by atoms with Crippen molar-refractivity contribution in [2.45, 2.75) is 24.9 Å². The van der Waals surface area contributed by atoms with Gasteiger partial charge in [-0.3, -0.25) is 4.79 Å². The molecule has 5 rings (SSSR count). The molecule has 0 radical (unpaired) electrons. The third-order valence-electron chi connectivity index (χ3n) is 6.31. The first-order chi connectivity index (χ1) is 17.3. The maximum atomic E-state index is 13.4.